The maximum atomic E-state index is 5.81. The van der Waals surface area contributed by atoms with E-state index in [0.717, 1.165) is 29.4 Å². The summed E-state index contributed by atoms with van der Waals surface area (Å²) in [5.74, 6) is 4.59. The fourth-order valence-electron chi connectivity index (χ4n) is 2.40. The smallest absolute Gasteiger partial charge is 0.232 e. The van der Waals surface area contributed by atoms with E-state index >= 15 is 0 Å². The molecule has 0 spiro atoms. The Hall–Kier alpha value is -3.00. The first-order chi connectivity index (χ1) is 13.7. The Kier molecular flexibility index (Phi) is 7.31. The number of benzene rings is 2. The zero-order chi connectivity index (χ0) is 19.6. The molecule has 0 unspecified atom stereocenters. The van der Waals surface area contributed by atoms with Gasteiger partial charge < -0.3 is 20.5 Å². The van der Waals surface area contributed by atoms with Crippen molar-refractivity contribution in [3.63, 3.8) is 0 Å². The standard InChI is InChI=1S/C20H23N5O2S/c1-26-16-8-10-17(11-9-16)27-12-5-13-28-14-18-23-19(21)25-20(24-18)22-15-6-3-2-4-7-15/h2-4,6-11H,5,12-14H2,1H3,(H3,21,22,23,24,25). The van der Waals surface area contributed by atoms with Crippen LogP contribution >= 0.6 is 11.8 Å². The molecule has 7 nitrogen and oxygen atoms in total. The molecule has 0 bridgehead atoms. The molecule has 0 saturated carbocycles. The number of aromatic nitrogens is 3. The maximum absolute atomic E-state index is 5.81. The summed E-state index contributed by atoms with van der Waals surface area (Å²) in [6.45, 7) is 0.652. The Morgan fingerprint density at radius 1 is 0.964 bits per heavy atom. The van der Waals surface area contributed by atoms with Crippen LogP contribution in [-0.2, 0) is 5.75 Å². The van der Waals surface area contributed by atoms with Crippen LogP contribution in [-0.4, -0.2) is 34.4 Å². The minimum atomic E-state index is 0.215. The van der Waals surface area contributed by atoms with Gasteiger partial charge in [-0.25, -0.2) is 0 Å². The lowest BCUT2D eigenvalue weighted by atomic mass is 10.3. The Bertz CT molecular complexity index is 862. The van der Waals surface area contributed by atoms with Crippen LogP contribution in [0.15, 0.2) is 54.6 Å². The third kappa shape index (κ3) is 6.31. The van der Waals surface area contributed by atoms with Gasteiger partial charge >= 0.3 is 0 Å². The van der Waals surface area contributed by atoms with Crippen molar-refractivity contribution in [2.24, 2.45) is 0 Å². The van der Waals surface area contributed by atoms with Crippen molar-refractivity contribution in [3.8, 4) is 11.5 Å². The lowest BCUT2D eigenvalue weighted by molar-refractivity contribution is 0.318. The van der Waals surface area contributed by atoms with Gasteiger partial charge in [-0.15, -0.1) is 0 Å². The monoisotopic (exact) mass is 397 g/mol. The lowest BCUT2D eigenvalue weighted by Crippen LogP contribution is -2.07. The summed E-state index contributed by atoms with van der Waals surface area (Å²) in [6, 6.07) is 17.3. The molecule has 146 valence electrons. The summed E-state index contributed by atoms with van der Waals surface area (Å²) in [5, 5.41) is 3.14. The number of hydrogen-bond acceptors (Lipinski definition) is 8. The summed E-state index contributed by atoms with van der Waals surface area (Å²) in [4.78, 5) is 12.8. The van der Waals surface area contributed by atoms with E-state index in [1.807, 2.05) is 54.6 Å². The molecule has 2 aromatic carbocycles. The van der Waals surface area contributed by atoms with Gasteiger partial charge in [0.1, 0.15) is 17.3 Å². The summed E-state index contributed by atoms with van der Waals surface area (Å²) >= 11 is 1.74. The van der Waals surface area contributed by atoms with Gasteiger partial charge in [0.2, 0.25) is 11.9 Å². The van der Waals surface area contributed by atoms with Crippen molar-refractivity contribution in [3.05, 3.63) is 60.4 Å². The molecule has 0 aliphatic rings. The van der Waals surface area contributed by atoms with Gasteiger partial charge in [0.15, 0.2) is 0 Å². The minimum absolute atomic E-state index is 0.215. The van der Waals surface area contributed by atoms with Gasteiger partial charge in [0.25, 0.3) is 0 Å². The normalized spacial score (nSPS) is 10.5. The summed E-state index contributed by atoms with van der Waals surface area (Å²) in [5.41, 5.74) is 6.71. The van der Waals surface area contributed by atoms with Gasteiger partial charge in [0.05, 0.1) is 19.5 Å². The van der Waals surface area contributed by atoms with Gasteiger partial charge in [-0.1, -0.05) is 18.2 Å². The van der Waals surface area contributed by atoms with Crippen LogP contribution in [0.3, 0.4) is 0 Å². The number of nitrogens with zero attached hydrogens (tertiary/aromatic N) is 3. The molecule has 3 N–H and O–H groups in total. The molecule has 8 heteroatoms. The average molecular weight is 398 g/mol. The van der Waals surface area contributed by atoms with E-state index in [9.17, 15) is 0 Å². The van der Waals surface area contributed by atoms with Crippen molar-refractivity contribution in [1.82, 2.24) is 15.0 Å². The molecular weight excluding hydrogens is 374 g/mol. The Morgan fingerprint density at radius 3 is 2.46 bits per heavy atom. The summed E-state index contributed by atoms with van der Waals surface area (Å²) in [6.07, 6.45) is 0.923. The first-order valence-electron chi connectivity index (χ1n) is 8.90. The number of anilines is 3. The van der Waals surface area contributed by atoms with Gasteiger partial charge in [-0.3, -0.25) is 0 Å². The predicted octanol–water partition coefficient (Wildman–Crippen LogP) is 3.91. The van der Waals surface area contributed by atoms with Crippen LogP contribution in [0.1, 0.15) is 12.2 Å². The second-order valence-electron chi connectivity index (χ2n) is 5.85. The molecule has 0 saturated heterocycles. The lowest BCUT2D eigenvalue weighted by Gasteiger charge is -2.08. The van der Waals surface area contributed by atoms with Crippen molar-refractivity contribution in [2.45, 2.75) is 12.2 Å². The highest BCUT2D eigenvalue weighted by molar-refractivity contribution is 7.98. The highest BCUT2D eigenvalue weighted by Gasteiger charge is 2.05. The van der Waals surface area contributed by atoms with Gasteiger partial charge in [-0.05, 0) is 48.6 Å². The zero-order valence-corrected chi connectivity index (χ0v) is 16.5. The summed E-state index contributed by atoms with van der Waals surface area (Å²) < 4.78 is 10.9. The third-order valence-electron chi connectivity index (χ3n) is 3.72. The molecule has 0 atom stereocenters. The van der Waals surface area contributed by atoms with Crippen LogP contribution in [0.5, 0.6) is 11.5 Å². The number of nitrogens with one attached hydrogen (secondary N) is 1. The van der Waals surface area contributed by atoms with Gasteiger partial charge in [-0.2, -0.15) is 26.7 Å². The largest absolute Gasteiger partial charge is 0.497 e. The van der Waals surface area contributed by atoms with Crippen LogP contribution in [0.25, 0.3) is 0 Å². The maximum Gasteiger partial charge on any atom is 0.232 e. The van der Waals surface area contributed by atoms with E-state index in [2.05, 4.69) is 20.3 Å². The minimum Gasteiger partial charge on any atom is -0.497 e. The number of nitrogens with two attached hydrogens (primary N) is 1. The zero-order valence-electron chi connectivity index (χ0n) is 15.7. The molecule has 1 heterocycles. The van der Waals surface area contributed by atoms with E-state index in [0.29, 0.717) is 24.1 Å². The van der Waals surface area contributed by atoms with Crippen LogP contribution in [0.2, 0.25) is 0 Å². The van der Waals surface area contributed by atoms with E-state index in [-0.39, 0.29) is 5.95 Å². The highest BCUT2D eigenvalue weighted by Crippen LogP contribution is 2.18. The van der Waals surface area contributed by atoms with Crippen LogP contribution in [0.4, 0.5) is 17.6 Å². The number of rotatable bonds is 10. The van der Waals surface area contributed by atoms with E-state index in [1.165, 1.54) is 0 Å². The number of para-hydroxylation sites is 1. The van der Waals surface area contributed by atoms with Crippen molar-refractivity contribution >= 4 is 29.3 Å². The molecule has 1 aromatic heterocycles. The quantitative estimate of drug-likeness (QED) is 0.497. The third-order valence-corrected chi connectivity index (χ3v) is 4.76. The number of methoxy groups -OCH3 is 1. The highest BCUT2D eigenvalue weighted by atomic mass is 32.2. The fraction of sp³-hybridized carbons (Fsp3) is 0.250. The molecule has 0 amide bonds. The molecule has 0 aliphatic carbocycles. The van der Waals surface area contributed by atoms with Gasteiger partial charge in [0, 0.05) is 5.69 Å². The fourth-order valence-corrected chi connectivity index (χ4v) is 3.17. The van der Waals surface area contributed by atoms with Crippen LogP contribution < -0.4 is 20.5 Å². The Morgan fingerprint density at radius 2 is 1.71 bits per heavy atom. The number of thioether (sulfide) groups is 1. The molecule has 0 radical (unpaired) electrons. The molecule has 0 aliphatic heterocycles. The first-order valence-corrected chi connectivity index (χ1v) is 10.1. The van der Waals surface area contributed by atoms with E-state index < -0.39 is 0 Å². The van der Waals surface area contributed by atoms with Crippen molar-refractivity contribution in [2.75, 3.05) is 30.5 Å². The molecule has 3 rings (SSSR count). The van der Waals surface area contributed by atoms with Crippen molar-refractivity contribution in [1.29, 1.82) is 0 Å². The summed E-state index contributed by atoms with van der Waals surface area (Å²) in [7, 11) is 1.65. The number of nitrogen functional groups attached to an aromatic ring is 1. The van der Waals surface area contributed by atoms with E-state index in [1.54, 1.807) is 18.9 Å². The van der Waals surface area contributed by atoms with Crippen molar-refractivity contribution < 1.29 is 9.47 Å². The predicted molar refractivity (Wildman–Crippen MR) is 113 cm³/mol. The first kappa shape index (κ1) is 19.8. The molecular formula is C20H23N5O2S. The number of hydrogen-bond donors (Lipinski definition) is 2. The molecule has 3 aromatic rings. The second-order valence-corrected chi connectivity index (χ2v) is 6.96. The SMILES string of the molecule is COc1ccc(OCCCSCc2nc(N)nc(Nc3ccccc3)n2)cc1. The molecule has 28 heavy (non-hydrogen) atoms. The average Bonchev–Trinajstić information content (AvgIpc) is 2.71. The van der Waals surface area contributed by atoms with E-state index in [4.69, 9.17) is 15.2 Å². The second kappa shape index (κ2) is 10.4. The number of ether oxygens (including phenoxy) is 2. The Balaban J connectivity index is 1.40. The van der Waals surface area contributed by atoms with Crippen LogP contribution in [0, 0.1) is 0 Å². The topological polar surface area (TPSA) is 95.2 Å². The Labute approximate surface area is 168 Å². The molecule has 0 fully saturated rings.